The normalized spacial score (nSPS) is 21.1. The van der Waals surface area contributed by atoms with Crippen molar-refractivity contribution in [3.8, 4) is 0 Å². The van der Waals surface area contributed by atoms with Gasteiger partial charge in [-0.1, -0.05) is 66.8 Å². The maximum absolute atomic E-state index is 4.11. The molecule has 0 heterocycles. The molecule has 15 heavy (non-hydrogen) atoms. The Bertz CT molecular complexity index is 382. The summed E-state index contributed by atoms with van der Waals surface area (Å²) < 4.78 is 0. The van der Waals surface area contributed by atoms with E-state index in [1.165, 1.54) is 11.1 Å². The molecule has 0 N–H and O–H groups in total. The van der Waals surface area contributed by atoms with Gasteiger partial charge in [0.15, 0.2) is 0 Å². The van der Waals surface area contributed by atoms with E-state index in [4.69, 9.17) is 0 Å². The molecule has 0 spiro atoms. The molecule has 1 atom stereocenters. The molecule has 1 aliphatic rings. The zero-order valence-electron chi connectivity index (χ0n) is 8.89. The molecule has 76 valence electrons. The van der Waals surface area contributed by atoms with Crippen LogP contribution in [0.15, 0.2) is 60.7 Å². The highest BCUT2D eigenvalue weighted by Crippen LogP contribution is 2.23. The molecular formula is C15H16. The van der Waals surface area contributed by atoms with Gasteiger partial charge in [-0.15, -0.1) is 0 Å². The molecule has 0 aliphatic heterocycles. The lowest BCUT2D eigenvalue weighted by atomic mass is 9.90. The first-order valence-electron chi connectivity index (χ1n) is 5.44. The molecule has 0 saturated heterocycles. The second-order valence-electron chi connectivity index (χ2n) is 3.92. The fourth-order valence-corrected chi connectivity index (χ4v) is 1.79. The Morgan fingerprint density at radius 3 is 2.73 bits per heavy atom. The van der Waals surface area contributed by atoms with Crippen LogP contribution in [0.3, 0.4) is 0 Å². The molecule has 0 bridgehead atoms. The molecule has 2 rings (SSSR count). The highest BCUT2D eigenvalue weighted by Gasteiger charge is 2.08. The molecule has 0 nitrogen and oxygen atoms in total. The molecule has 0 fully saturated rings. The first kappa shape index (κ1) is 9.97. The quantitative estimate of drug-likeness (QED) is 0.621. The standard InChI is InChI=1S/C15H16/c1-13-7-5-6-10-15(13)12-11-14-8-3-2-4-9-14/h2-4,6,8-12,15H,1,5,7H2. The summed E-state index contributed by atoms with van der Waals surface area (Å²) in [6.45, 7) is 4.11. The van der Waals surface area contributed by atoms with Gasteiger partial charge in [0, 0.05) is 5.92 Å². The van der Waals surface area contributed by atoms with Gasteiger partial charge in [-0.2, -0.15) is 0 Å². The smallest absolute Gasteiger partial charge is 0.0158 e. The molecule has 0 heteroatoms. The number of hydrogen-bond donors (Lipinski definition) is 0. The third-order valence-corrected chi connectivity index (χ3v) is 2.74. The van der Waals surface area contributed by atoms with E-state index in [-0.39, 0.29) is 0 Å². The first-order chi connectivity index (χ1) is 7.36. The van der Waals surface area contributed by atoms with Crippen LogP contribution in [0, 0.1) is 5.92 Å². The van der Waals surface area contributed by atoms with Crippen LogP contribution in [0.25, 0.3) is 6.08 Å². The van der Waals surface area contributed by atoms with E-state index in [9.17, 15) is 0 Å². The minimum absolute atomic E-state index is 0.430. The summed E-state index contributed by atoms with van der Waals surface area (Å²) in [4.78, 5) is 0. The van der Waals surface area contributed by atoms with Gasteiger partial charge < -0.3 is 0 Å². The average molecular weight is 196 g/mol. The second-order valence-corrected chi connectivity index (χ2v) is 3.92. The molecule has 0 amide bonds. The maximum Gasteiger partial charge on any atom is 0.0158 e. The molecule has 0 saturated carbocycles. The second kappa shape index (κ2) is 4.79. The Hall–Kier alpha value is -1.56. The van der Waals surface area contributed by atoms with Gasteiger partial charge in [0.1, 0.15) is 0 Å². The number of allylic oxidation sites excluding steroid dienone is 4. The molecule has 0 aromatic heterocycles. The van der Waals surface area contributed by atoms with Crippen molar-refractivity contribution in [2.24, 2.45) is 5.92 Å². The predicted octanol–water partition coefficient (Wildman–Crippen LogP) is 4.22. The van der Waals surface area contributed by atoms with Crippen LogP contribution < -0.4 is 0 Å². The third-order valence-electron chi connectivity index (χ3n) is 2.74. The fourth-order valence-electron chi connectivity index (χ4n) is 1.79. The van der Waals surface area contributed by atoms with Crippen molar-refractivity contribution in [2.45, 2.75) is 12.8 Å². The molecular weight excluding hydrogens is 180 g/mol. The summed E-state index contributed by atoms with van der Waals surface area (Å²) in [6.07, 6.45) is 11.2. The highest BCUT2D eigenvalue weighted by molar-refractivity contribution is 5.50. The zero-order valence-corrected chi connectivity index (χ0v) is 8.89. The molecule has 1 aromatic carbocycles. The van der Waals surface area contributed by atoms with Gasteiger partial charge in [0.2, 0.25) is 0 Å². The molecule has 0 radical (unpaired) electrons. The average Bonchev–Trinajstić information content (AvgIpc) is 2.29. The summed E-state index contributed by atoms with van der Waals surface area (Å²) in [6, 6.07) is 10.4. The summed E-state index contributed by atoms with van der Waals surface area (Å²) in [7, 11) is 0. The van der Waals surface area contributed by atoms with Crippen molar-refractivity contribution < 1.29 is 0 Å². The van der Waals surface area contributed by atoms with Crippen molar-refractivity contribution >= 4 is 6.08 Å². The van der Waals surface area contributed by atoms with Crippen molar-refractivity contribution in [1.82, 2.24) is 0 Å². The lowest BCUT2D eigenvalue weighted by Crippen LogP contribution is -2.00. The lowest BCUT2D eigenvalue weighted by Gasteiger charge is -2.15. The Kier molecular flexibility index (Phi) is 3.18. The van der Waals surface area contributed by atoms with Gasteiger partial charge >= 0.3 is 0 Å². The van der Waals surface area contributed by atoms with Crippen molar-refractivity contribution in [3.63, 3.8) is 0 Å². The molecule has 1 aliphatic carbocycles. The van der Waals surface area contributed by atoms with Gasteiger partial charge in [0.25, 0.3) is 0 Å². The minimum Gasteiger partial charge on any atom is -0.0989 e. The summed E-state index contributed by atoms with van der Waals surface area (Å²) in [5.41, 5.74) is 2.58. The van der Waals surface area contributed by atoms with Crippen LogP contribution in [-0.4, -0.2) is 0 Å². The van der Waals surface area contributed by atoms with Crippen LogP contribution in [0.4, 0.5) is 0 Å². The number of rotatable bonds is 2. The molecule has 1 aromatic rings. The SMILES string of the molecule is C=C1CCC=CC1C=Cc1ccccc1. The fraction of sp³-hybridized carbons (Fsp3) is 0.200. The topological polar surface area (TPSA) is 0 Å². The van der Waals surface area contributed by atoms with Crippen LogP contribution in [-0.2, 0) is 0 Å². The first-order valence-corrected chi connectivity index (χ1v) is 5.44. The Balaban J connectivity index is 2.08. The Labute approximate surface area is 91.6 Å². The van der Waals surface area contributed by atoms with Crippen LogP contribution in [0.2, 0.25) is 0 Å². The van der Waals surface area contributed by atoms with E-state index in [1.54, 1.807) is 0 Å². The van der Waals surface area contributed by atoms with E-state index >= 15 is 0 Å². The largest absolute Gasteiger partial charge is 0.0989 e. The summed E-state index contributed by atoms with van der Waals surface area (Å²) in [5.74, 6) is 0.430. The van der Waals surface area contributed by atoms with Crippen molar-refractivity contribution in [1.29, 1.82) is 0 Å². The van der Waals surface area contributed by atoms with E-state index in [2.05, 4.69) is 55.1 Å². The van der Waals surface area contributed by atoms with Gasteiger partial charge in [-0.25, -0.2) is 0 Å². The third kappa shape index (κ3) is 2.69. The van der Waals surface area contributed by atoms with Crippen LogP contribution >= 0.6 is 0 Å². The lowest BCUT2D eigenvalue weighted by molar-refractivity contribution is 0.809. The number of benzene rings is 1. The van der Waals surface area contributed by atoms with Gasteiger partial charge in [-0.05, 0) is 18.4 Å². The minimum atomic E-state index is 0.430. The Morgan fingerprint density at radius 1 is 1.20 bits per heavy atom. The van der Waals surface area contributed by atoms with Gasteiger partial charge in [0.05, 0.1) is 0 Å². The van der Waals surface area contributed by atoms with E-state index < -0.39 is 0 Å². The van der Waals surface area contributed by atoms with Crippen molar-refractivity contribution in [3.05, 3.63) is 66.3 Å². The van der Waals surface area contributed by atoms with E-state index in [0.29, 0.717) is 5.92 Å². The van der Waals surface area contributed by atoms with Crippen molar-refractivity contribution in [2.75, 3.05) is 0 Å². The maximum atomic E-state index is 4.11. The Morgan fingerprint density at radius 2 is 2.00 bits per heavy atom. The molecule has 1 unspecified atom stereocenters. The van der Waals surface area contributed by atoms with E-state index in [1.807, 2.05) is 6.07 Å². The number of hydrogen-bond acceptors (Lipinski definition) is 0. The van der Waals surface area contributed by atoms with Crippen LogP contribution in [0.1, 0.15) is 18.4 Å². The monoisotopic (exact) mass is 196 g/mol. The highest BCUT2D eigenvalue weighted by atomic mass is 14.1. The van der Waals surface area contributed by atoms with E-state index in [0.717, 1.165) is 12.8 Å². The summed E-state index contributed by atoms with van der Waals surface area (Å²) in [5, 5.41) is 0. The predicted molar refractivity (Wildman–Crippen MR) is 66.5 cm³/mol. The van der Waals surface area contributed by atoms with Crippen LogP contribution in [0.5, 0.6) is 0 Å². The summed E-state index contributed by atoms with van der Waals surface area (Å²) >= 11 is 0. The zero-order chi connectivity index (χ0) is 10.5. The van der Waals surface area contributed by atoms with Gasteiger partial charge in [-0.3, -0.25) is 0 Å².